The first-order valence-corrected chi connectivity index (χ1v) is 13.5. The molecular formula is C29H45NO8. The van der Waals surface area contributed by atoms with Crippen molar-refractivity contribution in [1.29, 1.82) is 0 Å². The van der Waals surface area contributed by atoms with E-state index in [1.807, 2.05) is 19.9 Å². The van der Waals surface area contributed by atoms with E-state index in [0.29, 0.717) is 25.9 Å². The van der Waals surface area contributed by atoms with Gasteiger partial charge in [0.25, 0.3) is 0 Å². The van der Waals surface area contributed by atoms with Crippen molar-refractivity contribution in [3.8, 4) is 0 Å². The van der Waals surface area contributed by atoms with E-state index in [4.69, 9.17) is 14.2 Å². The molecule has 9 nitrogen and oxygen atoms in total. The van der Waals surface area contributed by atoms with E-state index >= 15 is 0 Å². The molecule has 0 radical (unpaired) electrons. The second-order valence-electron chi connectivity index (χ2n) is 10.6. The lowest BCUT2D eigenvalue weighted by Gasteiger charge is -2.39. The number of epoxide rings is 1. The van der Waals surface area contributed by atoms with Crippen LogP contribution >= 0.6 is 0 Å². The van der Waals surface area contributed by atoms with Crippen LogP contribution in [0.5, 0.6) is 0 Å². The molecule has 0 aliphatic carbocycles. The number of rotatable bonds is 14. The molecule has 2 heterocycles. The van der Waals surface area contributed by atoms with E-state index in [0.717, 1.165) is 24.8 Å². The maximum absolute atomic E-state index is 12.3. The molecule has 0 bridgehead atoms. The van der Waals surface area contributed by atoms with Gasteiger partial charge in [-0.3, -0.25) is 14.4 Å². The number of esters is 2. The number of ether oxygens (including phenoxy) is 4. The molecule has 9 heteroatoms. The number of hydrogen-bond donors (Lipinski definition) is 2. The van der Waals surface area contributed by atoms with Gasteiger partial charge in [0.1, 0.15) is 6.10 Å². The third-order valence-corrected chi connectivity index (χ3v) is 7.04. The Balaban J connectivity index is 1.76. The quantitative estimate of drug-likeness (QED) is 0.150. The highest BCUT2D eigenvalue weighted by Gasteiger charge is 2.45. The van der Waals surface area contributed by atoms with Crippen LogP contribution in [0.25, 0.3) is 0 Å². The van der Waals surface area contributed by atoms with Crippen LogP contribution in [0, 0.1) is 5.92 Å². The molecule has 0 spiro atoms. The Morgan fingerprint density at radius 2 is 1.89 bits per heavy atom. The third kappa shape index (κ3) is 11.5. The second kappa shape index (κ2) is 15.2. The van der Waals surface area contributed by atoms with E-state index in [-0.39, 0.29) is 41.6 Å². The first-order chi connectivity index (χ1) is 17.9. The summed E-state index contributed by atoms with van der Waals surface area (Å²) in [5, 5.41) is 13.5. The average Bonchev–Trinajstić information content (AvgIpc) is 3.61. The summed E-state index contributed by atoms with van der Waals surface area (Å²) >= 11 is 0. The van der Waals surface area contributed by atoms with E-state index in [1.54, 1.807) is 19.1 Å². The topological polar surface area (TPSA) is 124 Å². The van der Waals surface area contributed by atoms with Gasteiger partial charge in [0, 0.05) is 25.8 Å². The predicted octanol–water partition coefficient (Wildman–Crippen LogP) is 3.55. The molecule has 38 heavy (non-hydrogen) atoms. The molecule has 0 aromatic rings. The molecule has 214 valence electrons. The summed E-state index contributed by atoms with van der Waals surface area (Å²) in [6.07, 6.45) is 11.3. The Morgan fingerprint density at radius 1 is 1.18 bits per heavy atom. The zero-order valence-electron chi connectivity index (χ0n) is 23.6. The number of amides is 1. The van der Waals surface area contributed by atoms with Crippen LogP contribution in [-0.2, 0) is 33.3 Å². The predicted molar refractivity (Wildman–Crippen MR) is 143 cm³/mol. The molecule has 2 fully saturated rings. The van der Waals surface area contributed by atoms with Gasteiger partial charge in [-0.2, -0.15) is 0 Å². The van der Waals surface area contributed by atoms with Crippen molar-refractivity contribution in [2.24, 2.45) is 5.92 Å². The molecule has 2 aliphatic rings. The van der Waals surface area contributed by atoms with Crippen LogP contribution in [0.3, 0.4) is 0 Å². The number of methoxy groups -OCH3 is 1. The van der Waals surface area contributed by atoms with Crippen LogP contribution in [0.2, 0.25) is 0 Å². The number of carbonyl (C=O) groups is 3. The lowest BCUT2D eigenvalue weighted by atomic mass is 9.88. The monoisotopic (exact) mass is 535 g/mol. The average molecular weight is 536 g/mol. The minimum absolute atomic E-state index is 0.0314. The van der Waals surface area contributed by atoms with Crippen molar-refractivity contribution < 1.29 is 38.4 Å². The van der Waals surface area contributed by atoms with Gasteiger partial charge < -0.3 is 29.4 Å². The lowest BCUT2D eigenvalue weighted by molar-refractivity contribution is -0.143. The van der Waals surface area contributed by atoms with Crippen LogP contribution in [-0.4, -0.2) is 72.7 Å². The molecule has 0 aromatic heterocycles. The number of aliphatic hydroxyl groups is 1. The van der Waals surface area contributed by atoms with E-state index in [9.17, 15) is 19.5 Å². The fourth-order valence-electron chi connectivity index (χ4n) is 4.67. The molecule has 7 unspecified atom stereocenters. The summed E-state index contributed by atoms with van der Waals surface area (Å²) in [5.74, 6) is -0.613. The minimum Gasteiger partial charge on any atom is -0.469 e. The molecule has 1 amide bonds. The lowest BCUT2D eigenvalue weighted by Crippen LogP contribution is -2.50. The minimum atomic E-state index is -0.626. The Bertz CT molecular complexity index is 891. The highest BCUT2D eigenvalue weighted by atomic mass is 16.6. The fraction of sp³-hybridized carbons (Fsp3) is 0.690. The number of carbonyl (C=O) groups excluding carboxylic acids is 3. The molecule has 7 atom stereocenters. The largest absolute Gasteiger partial charge is 0.469 e. The highest BCUT2D eigenvalue weighted by Crippen LogP contribution is 2.37. The number of allylic oxidation sites excluding steroid dienone is 2. The van der Waals surface area contributed by atoms with Gasteiger partial charge >= 0.3 is 11.9 Å². The fourth-order valence-corrected chi connectivity index (χ4v) is 4.67. The van der Waals surface area contributed by atoms with Crippen molar-refractivity contribution in [3.05, 3.63) is 36.0 Å². The summed E-state index contributed by atoms with van der Waals surface area (Å²) < 4.78 is 21.5. The zero-order chi connectivity index (χ0) is 28.3. The summed E-state index contributed by atoms with van der Waals surface area (Å²) in [5.41, 5.74) is 0.700. The molecular weight excluding hydrogens is 490 g/mol. The van der Waals surface area contributed by atoms with Gasteiger partial charge in [-0.25, -0.2) is 0 Å². The van der Waals surface area contributed by atoms with Gasteiger partial charge in [-0.15, -0.1) is 0 Å². The van der Waals surface area contributed by atoms with Crippen molar-refractivity contribution in [2.75, 3.05) is 13.7 Å². The zero-order valence-corrected chi connectivity index (χ0v) is 23.6. The van der Waals surface area contributed by atoms with Gasteiger partial charge in [0.2, 0.25) is 5.91 Å². The Labute approximate surface area is 226 Å². The van der Waals surface area contributed by atoms with Crippen LogP contribution < -0.4 is 5.32 Å². The first-order valence-electron chi connectivity index (χ1n) is 13.5. The molecule has 2 N–H and O–H groups in total. The van der Waals surface area contributed by atoms with Crippen molar-refractivity contribution in [3.63, 3.8) is 0 Å². The van der Waals surface area contributed by atoms with Crippen molar-refractivity contribution in [1.82, 2.24) is 5.32 Å². The van der Waals surface area contributed by atoms with E-state index < -0.39 is 18.2 Å². The van der Waals surface area contributed by atoms with Gasteiger partial charge in [0.05, 0.1) is 43.7 Å². The Kier molecular flexibility index (Phi) is 12.7. The molecule has 0 saturated carbocycles. The normalized spacial score (nSPS) is 29.2. The smallest absolute Gasteiger partial charge is 0.305 e. The van der Waals surface area contributed by atoms with E-state index in [2.05, 4.69) is 23.1 Å². The highest BCUT2D eigenvalue weighted by molar-refractivity contribution is 5.87. The van der Waals surface area contributed by atoms with Crippen LogP contribution in [0.4, 0.5) is 0 Å². The molecule has 2 rings (SSSR count). The van der Waals surface area contributed by atoms with Gasteiger partial charge in [-0.1, -0.05) is 30.7 Å². The standard InChI is InChI=1S/C29H45NO8/c1-19(9-12-24(32)17-29(18-36-29)15-7-8-28(34)35-6)10-13-26-20(2)16-25(22(4)38-26)30-27(33)14-11-21(3)37-23(5)31/h9-12,14,20-22,24-26,32H,7-8,13,15-18H2,1-6H3,(H,30,33). The SMILES string of the molecule is COC(=O)CCCC1(CC(O)C=CC(C)=CCC2OC(C)C(NC(=O)C=CC(C)OC(C)=O)CC2C)CO1. The third-order valence-electron chi connectivity index (χ3n) is 7.04. The summed E-state index contributed by atoms with van der Waals surface area (Å²) in [6.45, 7) is 9.70. The number of hydrogen-bond acceptors (Lipinski definition) is 8. The van der Waals surface area contributed by atoms with Crippen LogP contribution in [0.1, 0.15) is 73.1 Å². The van der Waals surface area contributed by atoms with Crippen molar-refractivity contribution in [2.45, 2.75) is 109 Å². The van der Waals surface area contributed by atoms with E-state index in [1.165, 1.54) is 20.1 Å². The van der Waals surface area contributed by atoms with Gasteiger partial charge in [0.15, 0.2) is 0 Å². The molecule has 2 saturated heterocycles. The summed E-state index contributed by atoms with van der Waals surface area (Å²) in [4.78, 5) is 34.6. The second-order valence-corrected chi connectivity index (χ2v) is 10.6. The number of aliphatic hydroxyl groups excluding tert-OH is 1. The first kappa shape index (κ1) is 31.7. The molecule has 0 aromatic carbocycles. The van der Waals surface area contributed by atoms with Crippen LogP contribution in [0.15, 0.2) is 36.0 Å². The summed E-state index contributed by atoms with van der Waals surface area (Å²) in [6, 6.07) is -0.105. The summed E-state index contributed by atoms with van der Waals surface area (Å²) in [7, 11) is 1.38. The maximum atomic E-state index is 12.3. The molecule has 2 aliphatic heterocycles. The maximum Gasteiger partial charge on any atom is 0.305 e. The van der Waals surface area contributed by atoms with Crippen molar-refractivity contribution >= 4 is 17.8 Å². The Hall–Kier alpha value is -2.49. The van der Waals surface area contributed by atoms with Gasteiger partial charge in [-0.05, 0) is 58.4 Å². The number of nitrogens with one attached hydrogen (secondary N) is 1. The Morgan fingerprint density at radius 3 is 2.53 bits per heavy atom.